The maximum atomic E-state index is 6.05. The van der Waals surface area contributed by atoms with Gasteiger partial charge in [0.15, 0.2) is 5.82 Å². The molecule has 0 spiro atoms. The molecule has 2 heterocycles. The van der Waals surface area contributed by atoms with Crippen LogP contribution in [0.2, 0.25) is 0 Å². The minimum absolute atomic E-state index is 0.820. The number of hydrogen-bond donors (Lipinski definition) is 1. The summed E-state index contributed by atoms with van der Waals surface area (Å²) in [5, 5.41) is 8.22. The number of hydrogen-bond acceptors (Lipinski definition) is 4. The minimum Gasteiger partial charge on any atom is -0.398 e. The monoisotopic (exact) mass is 240 g/mol. The van der Waals surface area contributed by atoms with E-state index in [1.54, 1.807) is 6.20 Å². The molecule has 0 amide bonds. The van der Waals surface area contributed by atoms with Crippen LogP contribution in [0.4, 0.5) is 11.5 Å². The smallest absolute Gasteiger partial charge is 0.151 e. The second kappa shape index (κ2) is 4.29. The Morgan fingerprint density at radius 1 is 1.33 bits per heavy atom. The normalized spacial score (nSPS) is 14.4. The van der Waals surface area contributed by atoms with Gasteiger partial charge in [-0.1, -0.05) is 12.1 Å². The molecule has 1 aliphatic rings. The number of nitrogen functional groups attached to an aromatic ring is 1. The first kappa shape index (κ1) is 11.0. The van der Waals surface area contributed by atoms with Gasteiger partial charge < -0.3 is 10.6 Å². The van der Waals surface area contributed by atoms with Gasteiger partial charge in [0.05, 0.1) is 6.20 Å². The third kappa shape index (κ3) is 1.90. The molecule has 4 nitrogen and oxygen atoms in total. The van der Waals surface area contributed by atoms with E-state index in [1.807, 2.05) is 19.1 Å². The zero-order valence-electron chi connectivity index (χ0n) is 10.4. The van der Waals surface area contributed by atoms with Crippen LogP contribution in [-0.2, 0) is 13.0 Å². The van der Waals surface area contributed by atoms with E-state index in [-0.39, 0.29) is 0 Å². The number of nitrogens with two attached hydrogens (primary N) is 1. The molecule has 0 bridgehead atoms. The molecular formula is C14H16N4. The molecule has 1 aromatic carbocycles. The molecule has 1 aliphatic heterocycles. The summed E-state index contributed by atoms with van der Waals surface area (Å²) >= 11 is 0. The maximum Gasteiger partial charge on any atom is 0.151 e. The highest BCUT2D eigenvalue weighted by Gasteiger charge is 2.19. The fraction of sp³-hybridized carbons (Fsp3) is 0.286. The summed E-state index contributed by atoms with van der Waals surface area (Å²) in [4.78, 5) is 2.23. The summed E-state index contributed by atoms with van der Waals surface area (Å²) in [6, 6.07) is 8.21. The highest BCUT2D eigenvalue weighted by molar-refractivity contribution is 5.55. The summed E-state index contributed by atoms with van der Waals surface area (Å²) in [7, 11) is 0. The van der Waals surface area contributed by atoms with Crippen molar-refractivity contribution in [2.75, 3.05) is 17.2 Å². The molecule has 0 saturated carbocycles. The minimum atomic E-state index is 0.820. The molecule has 18 heavy (non-hydrogen) atoms. The van der Waals surface area contributed by atoms with E-state index in [2.05, 4.69) is 27.2 Å². The standard InChI is InChI=1S/C14H16N4/c1-10-7-14(17-16-8-10)18-6-5-11-3-2-4-13(15)12(11)9-18/h2-4,7-8H,5-6,9,15H2,1H3. The van der Waals surface area contributed by atoms with E-state index in [1.165, 1.54) is 11.1 Å². The van der Waals surface area contributed by atoms with Crippen LogP contribution in [0.15, 0.2) is 30.5 Å². The van der Waals surface area contributed by atoms with Crippen LogP contribution in [0.5, 0.6) is 0 Å². The number of aromatic nitrogens is 2. The SMILES string of the molecule is Cc1cnnc(N2CCc3cccc(N)c3C2)c1. The van der Waals surface area contributed by atoms with Gasteiger partial charge in [0.1, 0.15) is 0 Å². The molecule has 0 radical (unpaired) electrons. The molecule has 2 N–H and O–H groups in total. The molecular weight excluding hydrogens is 224 g/mol. The number of nitrogens with zero attached hydrogens (tertiary/aromatic N) is 3. The molecule has 0 aliphatic carbocycles. The Balaban J connectivity index is 1.93. The Kier molecular flexibility index (Phi) is 2.63. The first-order valence-corrected chi connectivity index (χ1v) is 6.14. The third-order valence-corrected chi connectivity index (χ3v) is 3.41. The average molecular weight is 240 g/mol. The number of fused-ring (bicyclic) bond motifs is 1. The Labute approximate surface area is 106 Å². The zero-order chi connectivity index (χ0) is 12.5. The van der Waals surface area contributed by atoms with Crippen molar-refractivity contribution >= 4 is 11.5 Å². The van der Waals surface area contributed by atoms with Crippen molar-refractivity contribution in [3.63, 3.8) is 0 Å². The van der Waals surface area contributed by atoms with Crippen LogP contribution in [0.1, 0.15) is 16.7 Å². The lowest BCUT2D eigenvalue weighted by Crippen LogP contribution is -2.31. The van der Waals surface area contributed by atoms with Crippen molar-refractivity contribution in [2.45, 2.75) is 19.9 Å². The van der Waals surface area contributed by atoms with E-state index in [0.717, 1.165) is 36.6 Å². The van der Waals surface area contributed by atoms with Gasteiger partial charge in [-0.05, 0) is 42.2 Å². The molecule has 0 fully saturated rings. The van der Waals surface area contributed by atoms with Crippen LogP contribution >= 0.6 is 0 Å². The number of benzene rings is 1. The fourth-order valence-corrected chi connectivity index (χ4v) is 2.41. The van der Waals surface area contributed by atoms with Crippen LogP contribution in [0.3, 0.4) is 0 Å². The quantitative estimate of drug-likeness (QED) is 0.774. The first-order chi connectivity index (χ1) is 8.74. The lowest BCUT2D eigenvalue weighted by Gasteiger charge is -2.30. The topological polar surface area (TPSA) is 55.0 Å². The molecule has 0 atom stereocenters. The molecule has 2 aromatic rings. The zero-order valence-corrected chi connectivity index (χ0v) is 10.4. The Morgan fingerprint density at radius 2 is 2.22 bits per heavy atom. The van der Waals surface area contributed by atoms with Gasteiger partial charge in [-0.15, -0.1) is 5.10 Å². The van der Waals surface area contributed by atoms with Crippen molar-refractivity contribution in [2.24, 2.45) is 0 Å². The Bertz CT molecular complexity index is 580. The number of rotatable bonds is 1. The summed E-state index contributed by atoms with van der Waals surface area (Å²) < 4.78 is 0. The van der Waals surface area contributed by atoms with Crippen molar-refractivity contribution in [1.29, 1.82) is 0 Å². The maximum absolute atomic E-state index is 6.05. The molecule has 4 heteroatoms. The van der Waals surface area contributed by atoms with Crippen molar-refractivity contribution in [3.05, 3.63) is 47.2 Å². The highest BCUT2D eigenvalue weighted by Crippen LogP contribution is 2.26. The molecule has 3 rings (SSSR count). The lowest BCUT2D eigenvalue weighted by molar-refractivity contribution is 0.713. The fourth-order valence-electron chi connectivity index (χ4n) is 2.41. The second-order valence-corrected chi connectivity index (χ2v) is 4.75. The number of aryl methyl sites for hydroxylation is 1. The van der Waals surface area contributed by atoms with Crippen LogP contribution in [0.25, 0.3) is 0 Å². The summed E-state index contributed by atoms with van der Waals surface area (Å²) in [6.07, 6.45) is 2.78. The van der Waals surface area contributed by atoms with Gasteiger partial charge >= 0.3 is 0 Å². The lowest BCUT2D eigenvalue weighted by atomic mass is 9.98. The first-order valence-electron chi connectivity index (χ1n) is 6.14. The predicted octanol–water partition coefficient (Wildman–Crippen LogP) is 1.93. The van der Waals surface area contributed by atoms with E-state index >= 15 is 0 Å². The van der Waals surface area contributed by atoms with E-state index in [4.69, 9.17) is 5.73 Å². The Morgan fingerprint density at radius 3 is 3.06 bits per heavy atom. The van der Waals surface area contributed by atoms with Gasteiger partial charge in [-0.3, -0.25) is 0 Å². The van der Waals surface area contributed by atoms with Crippen molar-refractivity contribution in [3.8, 4) is 0 Å². The summed E-state index contributed by atoms with van der Waals surface area (Å²) in [5.74, 6) is 0.934. The van der Waals surface area contributed by atoms with Crippen molar-refractivity contribution < 1.29 is 0 Å². The highest BCUT2D eigenvalue weighted by atomic mass is 15.3. The van der Waals surface area contributed by atoms with Gasteiger partial charge in [-0.2, -0.15) is 5.10 Å². The number of anilines is 2. The predicted molar refractivity (Wildman–Crippen MR) is 72.4 cm³/mol. The van der Waals surface area contributed by atoms with Gasteiger partial charge in [-0.25, -0.2) is 0 Å². The van der Waals surface area contributed by atoms with Gasteiger partial charge in [0.2, 0.25) is 0 Å². The molecule has 1 aromatic heterocycles. The van der Waals surface area contributed by atoms with E-state index in [9.17, 15) is 0 Å². The summed E-state index contributed by atoms with van der Waals surface area (Å²) in [5.41, 5.74) is 10.6. The average Bonchev–Trinajstić information content (AvgIpc) is 2.39. The van der Waals surface area contributed by atoms with Crippen LogP contribution in [0, 0.1) is 6.92 Å². The second-order valence-electron chi connectivity index (χ2n) is 4.75. The van der Waals surface area contributed by atoms with Gasteiger partial charge in [0.25, 0.3) is 0 Å². The van der Waals surface area contributed by atoms with Crippen molar-refractivity contribution in [1.82, 2.24) is 10.2 Å². The molecule has 0 saturated heterocycles. The molecule has 0 unspecified atom stereocenters. The van der Waals surface area contributed by atoms with E-state index in [0.29, 0.717) is 0 Å². The van der Waals surface area contributed by atoms with Crippen LogP contribution < -0.4 is 10.6 Å². The van der Waals surface area contributed by atoms with Crippen LogP contribution in [-0.4, -0.2) is 16.7 Å². The molecule has 92 valence electrons. The largest absolute Gasteiger partial charge is 0.398 e. The van der Waals surface area contributed by atoms with E-state index < -0.39 is 0 Å². The van der Waals surface area contributed by atoms with Gasteiger partial charge in [0, 0.05) is 18.8 Å². The third-order valence-electron chi connectivity index (χ3n) is 3.41. The Hall–Kier alpha value is -2.10. The summed E-state index contributed by atoms with van der Waals surface area (Å²) in [6.45, 7) is 3.82.